The molecule has 4 aromatic rings. The first-order valence-electron chi connectivity index (χ1n) is 12.7. The monoisotopic (exact) mass is 500 g/mol. The number of hydrogen-bond acceptors (Lipinski definition) is 6. The van der Waals surface area contributed by atoms with Crippen LogP contribution >= 0.6 is 0 Å². The number of fused-ring (bicyclic) bond motifs is 1. The molecule has 38 heavy (non-hydrogen) atoms. The van der Waals surface area contributed by atoms with E-state index < -0.39 is 0 Å². The van der Waals surface area contributed by atoms with Crippen LogP contribution in [-0.2, 0) is 0 Å². The second-order valence-electron chi connectivity index (χ2n) is 9.75. The molecule has 4 N–H and O–H groups in total. The molecule has 0 bridgehead atoms. The molecule has 5 rings (SSSR count). The lowest BCUT2D eigenvalue weighted by Gasteiger charge is -2.36. The van der Waals surface area contributed by atoms with Crippen molar-refractivity contribution in [1.29, 1.82) is 5.41 Å². The third-order valence-corrected chi connectivity index (χ3v) is 6.90. The maximum Gasteiger partial charge on any atom is 0.141 e. The van der Waals surface area contributed by atoms with E-state index in [1.165, 1.54) is 17.5 Å². The molecule has 0 saturated carbocycles. The highest BCUT2D eigenvalue weighted by Crippen LogP contribution is 2.41. The first kappa shape index (κ1) is 25.0. The van der Waals surface area contributed by atoms with E-state index in [1.807, 2.05) is 30.3 Å². The lowest BCUT2D eigenvalue weighted by Crippen LogP contribution is -2.30. The van der Waals surface area contributed by atoms with Gasteiger partial charge in [-0.2, -0.15) is 0 Å². The number of nitrogens with zero attached hydrogens (tertiary/aromatic N) is 3. The molecule has 0 spiro atoms. The summed E-state index contributed by atoms with van der Waals surface area (Å²) in [6.45, 7) is 11.5. The highest BCUT2D eigenvalue weighted by molar-refractivity contribution is 6.16. The SMILES string of the molecule is C=C1c2c(C)cccc2C=C(CNc2ncnc(N)c2C(=N)c2ccccc2)N1c1ccccc1C(C)C. The number of aryl methyl sites for hydroxylation is 1. The first-order valence-corrected chi connectivity index (χ1v) is 12.7. The fourth-order valence-electron chi connectivity index (χ4n) is 5.05. The molecule has 0 atom stereocenters. The molecule has 0 unspecified atom stereocenters. The summed E-state index contributed by atoms with van der Waals surface area (Å²) < 4.78 is 0. The summed E-state index contributed by atoms with van der Waals surface area (Å²) in [4.78, 5) is 10.9. The molecule has 0 aliphatic carbocycles. The normalized spacial score (nSPS) is 12.8. The fraction of sp³-hybridized carbons (Fsp3) is 0.156. The second kappa shape index (κ2) is 10.3. The third-order valence-electron chi connectivity index (χ3n) is 6.90. The molecule has 6 nitrogen and oxygen atoms in total. The van der Waals surface area contributed by atoms with Crippen molar-refractivity contribution in [2.24, 2.45) is 0 Å². The van der Waals surface area contributed by atoms with Crippen molar-refractivity contribution in [1.82, 2.24) is 9.97 Å². The molecule has 3 aromatic carbocycles. The van der Waals surface area contributed by atoms with Gasteiger partial charge in [0, 0.05) is 28.2 Å². The van der Waals surface area contributed by atoms with E-state index in [-0.39, 0.29) is 11.5 Å². The molecule has 6 heteroatoms. The minimum atomic E-state index is 0.265. The van der Waals surface area contributed by atoms with Crippen LogP contribution in [0.3, 0.4) is 0 Å². The Morgan fingerprint density at radius 2 is 1.74 bits per heavy atom. The van der Waals surface area contributed by atoms with Gasteiger partial charge in [-0.15, -0.1) is 0 Å². The smallest absolute Gasteiger partial charge is 0.141 e. The number of anilines is 3. The van der Waals surface area contributed by atoms with Gasteiger partial charge in [-0.25, -0.2) is 9.97 Å². The van der Waals surface area contributed by atoms with E-state index >= 15 is 0 Å². The molecular weight excluding hydrogens is 468 g/mol. The van der Waals surface area contributed by atoms with Crippen molar-refractivity contribution < 1.29 is 0 Å². The van der Waals surface area contributed by atoms with Crippen LogP contribution in [0.2, 0.25) is 0 Å². The number of hydrogen-bond donors (Lipinski definition) is 3. The van der Waals surface area contributed by atoms with E-state index in [1.54, 1.807) is 0 Å². The van der Waals surface area contributed by atoms with Crippen molar-refractivity contribution >= 4 is 34.8 Å². The van der Waals surface area contributed by atoms with Gasteiger partial charge in [-0.1, -0.05) is 87.2 Å². The van der Waals surface area contributed by atoms with Crippen LogP contribution < -0.4 is 16.0 Å². The second-order valence-corrected chi connectivity index (χ2v) is 9.75. The number of nitrogens with two attached hydrogens (primary N) is 1. The van der Waals surface area contributed by atoms with Crippen LogP contribution in [0, 0.1) is 12.3 Å². The van der Waals surface area contributed by atoms with Gasteiger partial charge in [0.2, 0.25) is 0 Å². The Morgan fingerprint density at radius 3 is 2.50 bits per heavy atom. The number of nitrogens with one attached hydrogen (secondary N) is 2. The zero-order valence-corrected chi connectivity index (χ0v) is 22.0. The lowest BCUT2D eigenvalue weighted by molar-refractivity contribution is 0.861. The topological polar surface area (TPSA) is 90.9 Å². The van der Waals surface area contributed by atoms with Gasteiger partial charge in [0.15, 0.2) is 0 Å². The Morgan fingerprint density at radius 1 is 1.00 bits per heavy atom. The number of para-hydroxylation sites is 1. The summed E-state index contributed by atoms with van der Waals surface area (Å²) in [6, 6.07) is 24.3. The summed E-state index contributed by atoms with van der Waals surface area (Å²) in [5, 5.41) is 12.3. The van der Waals surface area contributed by atoms with Gasteiger partial charge in [0.25, 0.3) is 0 Å². The highest BCUT2D eigenvalue weighted by Gasteiger charge is 2.27. The number of rotatable bonds is 7. The quantitative estimate of drug-likeness (QED) is 0.241. The summed E-state index contributed by atoms with van der Waals surface area (Å²) >= 11 is 0. The minimum absolute atomic E-state index is 0.265. The Labute approximate surface area is 224 Å². The summed E-state index contributed by atoms with van der Waals surface area (Å²) in [7, 11) is 0. The number of nitrogen functional groups attached to an aromatic ring is 1. The molecule has 0 saturated heterocycles. The molecule has 1 aromatic heterocycles. The molecule has 190 valence electrons. The Hall–Kier alpha value is -4.71. The van der Waals surface area contributed by atoms with E-state index in [2.05, 4.69) is 96.1 Å². The van der Waals surface area contributed by atoms with E-state index in [0.29, 0.717) is 23.8 Å². The molecule has 2 heterocycles. The zero-order valence-electron chi connectivity index (χ0n) is 22.0. The Balaban J connectivity index is 1.57. The van der Waals surface area contributed by atoms with Crippen molar-refractivity contribution in [3.63, 3.8) is 0 Å². The fourth-order valence-corrected chi connectivity index (χ4v) is 5.05. The van der Waals surface area contributed by atoms with Gasteiger partial charge >= 0.3 is 0 Å². The lowest BCUT2D eigenvalue weighted by atomic mass is 9.92. The standard InChI is InChI=1S/C32H32N6/c1-20(2)26-15-8-9-16-27(26)38-22(4)28-21(3)11-10-14-24(28)17-25(38)18-35-32-29(31(34)36-19-37-32)30(33)23-12-6-5-7-13-23/h5-17,19-20,33H,4,18H2,1-3H3,(H3,34,35,36,37). The predicted molar refractivity (Wildman–Crippen MR) is 159 cm³/mol. The molecule has 0 amide bonds. The van der Waals surface area contributed by atoms with Gasteiger partial charge in [0.05, 0.1) is 17.8 Å². The average molecular weight is 501 g/mol. The number of aromatic nitrogens is 2. The zero-order chi connectivity index (χ0) is 26.8. The third kappa shape index (κ3) is 4.57. The largest absolute Gasteiger partial charge is 0.383 e. The molecular formula is C32H32N6. The van der Waals surface area contributed by atoms with E-state index in [4.69, 9.17) is 11.1 Å². The van der Waals surface area contributed by atoms with E-state index in [9.17, 15) is 0 Å². The average Bonchev–Trinajstić information content (AvgIpc) is 2.92. The van der Waals surface area contributed by atoms with Crippen LogP contribution in [0.5, 0.6) is 0 Å². The first-order chi connectivity index (χ1) is 18.4. The minimum Gasteiger partial charge on any atom is -0.383 e. The molecule has 0 radical (unpaired) electrons. The maximum atomic E-state index is 8.84. The van der Waals surface area contributed by atoms with Crippen molar-refractivity contribution in [3.8, 4) is 0 Å². The maximum absolute atomic E-state index is 8.84. The Kier molecular flexibility index (Phi) is 6.79. The van der Waals surface area contributed by atoms with Gasteiger partial charge < -0.3 is 16.0 Å². The van der Waals surface area contributed by atoms with Gasteiger partial charge in [-0.05, 0) is 41.7 Å². The Bertz CT molecular complexity index is 1550. The predicted octanol–water partition coefficient (Wildman–Crippen LogP) is 6.85. The highest BCUT2D eigenvalue weighted by atomic mass is 15.2. The van der Waals surface area contributed by atoms with Crippen molar-refractivity contribution in [2.45, 2.75) is 26.7 Å². The van der Waals surface area contributed by atoms with Crippen LogP contribution in [0.25, 0.3) is 11.8 Å². The van der Waals surface area contributed by atoms with Crippen LogP contribution in [0.15, 0.2) is 91.4 Å². The van der Waals surface area contributed by atoms with Gasteiger partial charge in [0.1, 0.15) is 18.0 Å². The molecule has 0 fully saturated rings. The summed E-state index contributed by atoms with van der Waals surface area (Å²) in [5.74, 6) is 1.12. The van der Waals surface area contributed by atoms with Crippen LogP contribution in [0.1, 0.15) is 53.1 Å². The molecule has 1 aliphatic rings. The van der Waals surface area contributed by atoms with Crippen LogP contribution in [0.4, 0.5) is 17.3 Å². The summed E-state index contributed by atoms with van der Waals surface area (Å²) in [6.07, 6.45) is 3.63. The van der Waals surface area contributed by atoms with E-state index in [0.717, 1.165) is 33.8 Å². The van der Waals surface area contributed by atoms with Crippen molar-refractivity contribution in [3.05, 3.63) is 125 Å². The summed E-state index contributed by atoms with van der Waals surface area (Å²) in [5.41, 5.74) is 15.5. The van der Waals surface area contributed by atoms with Gasteiger partial charge in [-0.3, -0.25) is 5.41 Å². The van der Waals surface area contributed by atoms with Crippen molar-refractivity contribution in [2.75, 3.05) is 22.5 Å². The van der Waals surface area contributed by atoms with Crippen LogP contribution in [-0.4, -0.2) is 22.2 Å². The number of benzene rings is 3. The molecule has 1 aliphatic heterocycles.